The normalized spacial score (nSPS) is 27.6. The van der Waals surface area contributed by atoms with Gasteiger partial charge in [-0.25, -0.2) is 8.42 Å². The van der Waals surface area contributed by atoms with Crippen LogP contribution in [0.25, 0.3) is 0 Å². The summed E-state index contributed by atoms with van der Waals surface area (Å²) in [5, 5.41) is 0. The van der Waals surface area contributed by atoms with E-state index in [1.165, 1.54) is 37.7 Å². The number of allylic oxidation sites excluding steroid dienone is 1. The van der Waals surface area contributed by atoms with E-state index in [9.17, 15) is 8.42 Å². The summed E-state index contributed by atoms with van der Waals surface area (Å²) in [7, 11) is -2.82. The molecule has 0 bridgehead atoms. The van der Waals surface area contributed by atoms with Crippen molar-refractivity contribution in [3.8, 4) is 0 Å². The van der Waals surface area contributed by atoms with Gasteiger partial charge in [-0.15, -0.1) is 0 Å². The molecule has 0 amide bonds. The highest BCUT2D eigenvalue weighted by Gasteiger charge is 2.21. The second-order valence-electron chi connectivity index (χ2n) is 5.97. The standard InChI is InChI=1S/C15H26O3S/c16-19(17)11-5-1-2-8-15(13-19)9-10-18-12-14-6-3-4-7-14/h12,15H,1-11,13H2. The lowest BCUT2D eigenvalue weighted by Crippen LogP contribution is -2.22. The minimum atomic E-state index is -2.82. The van der Waals surface area contributed by atoms with Crippen LogP contribution in [0.15, 0.2) is 11.8 Å². The Bertz CT molecular complexity index is 390. The molecule has 2 fully saturated rings. The molecule has 0 N–H and O–H groups in total. The van der Waals surface area contributed by atoms with E-state index in [0.717, 1.165) is 25.7 Å². The van der Waals surface area contributed by atoms with E-state index in [1.807, 2.05) is 6.26 Å². The highest BCUT2D eigenvalue weighted by atomic mass is 32.2. The zero-order chi connectivity index (χ0) is 13.6. The molecule has 1 saturated carbocycles. The van der Waals surface area contributed by atoms with Gasteiger partial charge in [0, 0.05) is 0 Å². The first-order chi connectivity index (χ1) is 9.16. The first kappa shape index (κ1) is 14.9. The average Bonchev–Trinajstić information content (AvgIpc) is 2.84. The third-order valence-corrected chi connectivity index (χ3v) is 6.09. The molecule has 2 rings (SSSR count). The Labute approximate surface area is 117 Å². The van der Waals surface area contributed by atoms with E-state index in [2.05, 4.69) is 0 Å². The fourth-order valence-corrected chi connectivity index (χ4v) is 4.91. The smallest absolute Gasteiger partial charge is 0.150 e. The van der Waals surface area contributed by atoms with Crippen molar-refractivity contribution in [2.75, 3.05) is 18.1 Å². The molecule has 1 aliphatic carbocycles. The Morgan fingerprint density at radius 2 is 1.89 bits per heavy atom. The van der Waals surface area contributed by atoms with Crippen LogP contribution in [0.1, 0.15) is 57.8 Å². The lowest BCUT2D eigenvalue weighted by Gasteiger charge is -2.19. The van der Waals surface area contributed by atoms with Crippen LogP contribution in [-0.2, 0) is 14.6 Å². The van der Waals surface area contributed by atoms with E-state index in [4.69, 9.17) is 4.74 Å². The maximum Gasteiger partial charge on any atom is 0.150 e. The molecule has 1 aliphatic heterocycles. The van der Waals surface area contributed by atoms with Crippen LogP contribution < -0.4 is 0 Å². The molecule has 0 aromatic heterocycles. The summed E-state index contributed by atoms with van der Waals surface area (Å²) in [4.78, 5) is 0. The molecule has 110 valence electrons. The lowest BCUT2D eigenvalue weighted by atomic mass is 10.00. The molecule has 1 atom stereocenters. The van der Waals surface area contributed by atoms with E-state index in [1.54, 1.807) is 0 Å². The Balaban J connectivity index is 1.72. The van der Waals surface area contributed by atoms with Gasteiger partial charge in [0.2, 0.25) is 0 Å². The van der Waals surface area contributed by atoms with Crippen molar-refractivity contribution in [3.05, 3.63) is 11.8 Å². The lowest BCUT2D eigenvalue weighted by molar-refractivity contribution is 0.218. The molecular weight excluding hydrogens is 260 g/mol. The Kier molecular flexibility index (Phi) is 5.74. The highest BCUT2D eigenvalue weighted by Crippen LogP contribution is 2.24. The molecule has 1 saturated heterocycles. The largest absolute Gasteiger partial charge is 0.501 e. The fourth-order valence-electron chi connectivity index (χ4n) is 3.04. The second-order valence-corrected chi connectivity index (χ2v) is 8.20. The van der Waals surface area contributed by atoms with E-state index in [-0.39, 0.29) is 0 Å². The topological polar surface area (TPSA) is 43.4 Å². The van der Waals surface area contributed by atoms with Gasteiger partial charge >= 0.3 is 0 Å². The maximum atomic E-state index is 11.8. The summed E-state index contributed by atoms with van der Waals surface area (Å²) < 4.78 is 29.2. The van der Waals surface area contributed by atoms with Crippen LogP contribution >= 0.6 is 0 Å². The molecule has 3 nitrogen and oxygen atoms in total. The first-order valence-corrected chi connectivity index (χ1v) is 9.48. The molecule has 0 spiro atoms. The van der Waals surface area contributed by atoms with Gasteiger partial charge in [0.15, 0.2) is 9.84 Å². The van der Waals surface area contributed by atoms with Gasteiger partial charge in [-0.05, 0) is 56.4 Å². The van der Waals surface area contributed by atoms with Crippen molar-refractivity contribution in [3.63, 3.8) is 0 Å². The van der Waals surface area contributed by atoms with Crippen LogP contribution in [0, 0.1) is 5.92 Å². The van der Waals surface area contributed by atoms with Crippen LogP contribution in [0.5, 0.6) is 0 Å². The van der Waals surface area contributed by atoms with Crippen molar-refractivity contribution in [1.29, 1.82) is 0 Å². The van der Waals surface area contributed by atoms with Gasteiger partial charge in [-0.1, -0.05) is 12.8 Å². The minimum Gasteiger partial charge on any atom is -0.501 e. The van der Waals surface area contributed by atoms with E-state index < -0.39 is 9.84 Å². The number of rotatable bonds is 4. The minimum absolute atomic E-state index is 0.298. The highest BCUT2D eigenvalue weighted by molar-refractivity contribution is 7.91. The van der Waals surface area contributed by atoms with Gasteiger partial charge in [0.1, 0.15) is 0 Å². The molecule has 2 aliphatic rings. The summed E-state index contributed by atoms with van der Waals surface area (Å²) >= 11 is 0. The predicted octanol–water partition coefficient (Wildman–Crippen LogP) is 3.46. The van der Waals surface area contributed by atoms with E-state index in [0.29, 0.717) is 24.0 Å². The molecule has 0 aromatic carbocycles. The Morgan fingerprint density at radius 3 is 2.68 bits per heavy atom. The van der Waals surface area contributed by atoms with Gasteiger partial charge in [0.25, 0.3) is 0 Å². The van der Waals surface area contributed by atoms with Crippen molar-refractivity contribution in [2.24, 2.45) is 5.92 Å². The first-order valence-electron chi connectivity index (χ1n) is 7.66. The molecule has 1 heterocycles. The van der Waals surface area contributed by atoms with Crippen molar-refractivity contribution < 1.29 is 13.2 Å². The average molecular weight is 286 g/mol. The number of ether oxygens (including phenoxy) is 1. The zero-order valence-electron chi connectivity index (χ0n) is 11.8. The SMILES string of the molecule is O=S1(=O)CCCCCC(CCOC=C2CCCC2)C1. The second kappa shape index (κ2) is 7.32. The number of sulfone groups is 1. The third-order valence-electron chi connectivity index (χ3n) is 4.20. The zero-order valence-corrected chi connectivity index (χ0v) is 12.6. The van der Waals surface area contributed by atoms with Crippen molar-refractivity contribution >= 4 is 9.84 Å². The summed E-state index contributed by atoms with van der Waals surface area (Å²) in [5.74, 6) is 1.05. The summed E-state index contributed by atoms with van der Waals surface area (Å²) in [5.41, 5.74) is 1.42. The van der Waals surface area contributed by atoms with Crippen molar-refractivity contribution in [2.45, 2.75) is 57.8 Å². The van der Waals surface area contributed by atoms with Gasteiger partial charge in [0.05, 0.1) is 24.4 Å². The summed E-state index contributed by atoms with van der Waals surface area (Å²) in [6.45, 7) is 0.670. The fraction of sp³-hybridized carbons (Fsp3) is 0.867. The Hall–Kier alpha value is -0.510. The monoisotopic (exact) mass is 286 g/mol. The quantitative estimate of drug-likeness (QED) is 0.587. The number of hydrogen-bond acceptors (Lipinski definition) is 3. The van der Waals surface area contributed by atoms with Crippen LogP contribution in [0.4, 0.5) is 0 Å². The molecule has 1 unspecified atom stereocenters. The van der Waals surface area contributed by atoms with Crippen LogP contribution in [-0.4, -0.2) is 26.5 Å². The van der Waals surface area contributed by atoms with Crippen LogP contribution in [0.3, 0.4) is 0 Å². The summed E-state index contributed by atoms with van der Waals surface area (Å²) in [6.07, 6.45) is 11.8. The van der Waals surface area contributed by atoms with Gasteiger partial charge < -0.3 is 4.74 Å². The molecule has 19 heavy (non-hydrogen) atoms. The van der Waals surface area contributed by atoms with Crippen LogP contribution in [0.2, 0.25) is 0 Å². The third kappa shape index (κ3) is 5.55. The van der Waals surface area contributed by atoms with E-state index >= 15 is 0 Å². The molecule has 0 radical (unpaired) electrons. The molecular formula is C15H26O3S. The molecule has 4 heteroatoms. The predicted molar refractivity (Wildman–Crippen MR) is 77.7 cm³/mol. The van der Waals surface area contributed by atoms with Gasteiger partial charge in [-0.2, -0.15) is 0 Å². The van der Waals surface area contributed by atoms with Gasteiger partial charge in [-0.3, -0.25) is 0 Å². The Morgan fingerprint density at radius 1 is 1.11 bits per heavy atom. The maximum absolute atomic E-state index is 11.8. The number of hydrogen-bond donors (Lipinski definition) is 0. The van der Waals surface area contributed by atoms with Crippen molar-refractivity contribution in [1.82, 2.24) is 0 Å². The molecule has 0 aromatic rings. The summed E-state index contributed by atoms with van der Waals surface area (Å²) in [6, 6.07) is 0.